The lowest BCUT2D eigenvalue weighted by Crippen LogP contribution is -2.03. The fourth-order valence-electron chi connectivity index (χ4n) is 2.71. The summed E-state index contributed by atoms with van der Waals surface area (Å²) < 4.78 is 0. The summed E-state index contributed by atoms with van der Waals surface area (Å²) in [6, 6.07) is 7.19. The Balaban J connectivity index is 2.04. The predicted octanol–water partition coefficient (Wildman–Crippen LogP) is 4.69. The number of hydrogen-bond donors (Lipinski definition) is 1. The monoisotopic (exact) mass is 307 g/mol. The lowest BCUT2D eigenvalue weighted by molar-refractivity contribution is 0.696. The topological polar surface area (TPSA) is 51.8 Å². The van der Waals surface area contributed by atoms with E-state index in [0.29, 0.717) is 27.6 Å². The molecule has 1 heterocycles. The van der Waals surface area contributed by atoms with Crippen LogP contribution in [0.3, 0.4) is 0 Å². The molecule has 5 heteroatoms. The Morgan fingerprint density at radius 1 is 1.05 bits per heavy atom. The molecule has 1 saturated carbocycles. The minimum Gasteiger partial charge on any atom is -0.384 e. The van der Waals surface area contributed by atoms with Crippen molar-refractivity contribution < 1.29 is 0 Å². The van der Waals surface area contributed by atoms with Crippen molar-refractivity contribution in [2.24, 2.45) is 0 Å². The highest BCUT2D eigenvalue weighted by Crippen LogP contribution is 2.35. The second-order valence-electron chi connectivity index (χ2n) is 5.15. The Bertz CT molecular complexity index is 637. The van der Waals surface area contributed by atoms with Crippen molar-refractivity contribution in [1.82, 2.24) is 9.97 Å². The first kappa shape index (κ1) is 13.7. The molecular formula is C15H15Cl2N3. The molecule has 0 radical (unpaired) electrons. The van der Waals surface area contributed by atoms with Crippen LogP contribution in [0, 0.1) is 0 Å². The van der Waals surface area contributed by atoms with E-state index in [1.54, 1.807) is 12.1 Å². The summed E-state index contributed by atoms with van der Waals surface area (Å²) in [5.74, 6) is 1.56. The second kappa shape index (κ2) is 5.58. The van der Waals surface area contributed by atoms with Crippen LogP contribution >= 0.6 is 23.2 Å². The maximum atomic E-state index is 6.22. The van der Waals surface area contributed by atoms with Gasteiger partial charge >= 0.3 is 0 Å². The molecule has 0 saturated heterocycles. The van der Waals surface area contributed by atoms with Crippen LogP contribution in [-0.4, -0.2) is 9.97 Å². The molecule has 3 rings (SSSR count). The molecule has 0 atom stereocenters. The number of anilines is 1. The number of nitrogen functional groups attached to an aromatic ring is 1. The number of hydrogen-bond acceptors (Lipinski definition) is 3. The first-order valence-corrected chi connectivity index (χ1v) is 7.49. The van der Waals surface area contributed by atoms with E-state index in [1.165, 1.54) is 25.7 Å². The molecule has 1 aliphatic carbocycles. The normalized spacial score (nSPS) is 15.7. The molecule has 1 aromatic carbocycles. The number of benzene rings is 1. The summed E-state index contributed by atoms with van der Waals surface area (Å²) in [6.07, 6.45) is 4.85. The molecule has 1 aliphatic rings. The Morgan fingerprint density at radius 3 is 2.50 bits per heavy atom. The van der Waals surface area contributed by atoms with Crippen molar-refractivity contribution in [3.05, 3.63) is 40.0 Å². The van der Waals surface area contributed by atoms with Gasteiger partial charge in [-0.3, -0.25) is 0 Å². The lowest BCUT2D eigenvalue weighted by Gasteiger charge is -2.11. The third-order valence-corrected chi connectivity index (χ3v) is 4.26. The molecular weight excluding hydrogens is 293 g/mol. The quantitative estimate of drug-likeness (QED) is 0.875. The summed E-state index contributed by atoms with van der Waals surface area (Å²) in [7, 11) is 0. The number of nitrogens with two attached hydrogens (primary N) is 1. The number of nitrogens with zero attached hydrogens (tertiary/aromatic N) is 2. The molecule has 104 valence electrons. The van der Waals surface area contributed by atoms with Gasteiger partial charge in [-0.15, -0.1) is 0 Å². The maximum absolute atomic E-state index is 6.22. The third kappa shape index (κ3) is 2.74. The molecule has 0 amide bonds. The highest BCUT2D eigenvalue weighted by Gasteiger charge is 2.20. The van der Waals surface area contributed by atoms with Crippen LogP contribution in [-0.2, 0) is 0 Å². The third-order valence-electron chi connectivity index (χ3n) is 3.71. The van der Waals surface area contributed by atoms with Gasteiger partial charge in [-0.2, -0.15) is 0 Å². The van der Waals surface area contributed by atoms with E-state index in [4.69, 9.17) is 28.9 Å². The van der Waals surface area contributed by atoms with E-state index in [9.17, 15) is 0 Å². The van der Waals surface area contributed by atoms with Gasteiger partial charge in [-0.25, -0.2) is 9.97 Å². The predicted molar refractivity (Wildman–Crippen MR) is 83.1 cm³/mol. The molecule has 2 N–H and O–H groups in total. The molecule has 0 unspecified atom stereocenters. The van der Waals surface area contributed by atoms with Gasteiger partial charge < -0.3 is 5.73 Å². The van der Waals surface area contributed by atoms with Gasteiger partial charge in [0.25, 0.3) is 0 Å². The standard InChI is InChI=1S/C15H15Cl2N3/c16-10-5-6-11(12(17)7-10)15-19-13(8-14(18)20-15)9-3-1-2-4-9/h5-9H,1-4H2,(H2,18,19,20). The minimum absolute atomic E-state index is 0.489. The second-order valence-corrected chi connectivity index (χ2v) is 5.99. The van der Waals surface area contributed by atoms with Gasteiger partial charge in [0, 0.05) is 28.3 Å². The average Bonchev–Trinajstić information content (AvgIpc) is 2.91. The van der Waals surface area contributed by atoms with Gasteiger partial charge in [0.05, 0.1) is 5.02 Å². The Morgan fingerprint density at radius 2 is 1.80 bits per heavy atom. The van der Waals surface area contributed by atoms with Gasteiger partial charge in [0.1, 0.15) is 5.82 Å². The van der Waals surface area contributed by atoms with Gasteiger partial charge in [0.2, 0.25) is 0 Å². The molecule has 2 aromatic rings. The van der Waals surface area contributed by atoms with Crippen molar-refractivity contribution in [2.45, 2.75) is 31.6 Å². The Labute approximate surface area is 128 Å². The zero-order valence-corrected chi connectivity index (χ0v) is 12.5. The van der Waals surface area contributed by atoms with Crippen molar-refractivity contribution in [3.8, 4) is 11.4 Å². The van der Waals surface area contributed by atoms with E-state index in [0.717, 1.165) is 11.3 Å². The highest BCUT2D eigenvalue weighted by molar-refractivity contribution is 6.36. The summed E-state index contributed by atoms with van der Waals surface area (Å²) in [4.78, 5) is 8.96. The van der Waals surface area contributed by atoms with Crippen LogP contribution in [0.5, 0.6) is 0 Å². The SMILES string of the molecule is Nc1cc(C2CCCC2)nc(-c2ccc(Cl)cc2Cl)n1. The number of aromatic nitrogens is 2. The summed E-state index contributed by atoms with van der Waals surface area (Å²) in [5.41, 5.74) is 7.71. The average molecular weight is 308 g/mol. The van der Waals surface area contributed by atoms with Crippen LogP contribution < -0.4 is 5.73 Å². The van der Waals surface area contributed by atoms with Crippen LogP contribution in [0.15, 0.2) is 24.3 Å². The van der Waals surface area contributed by atoms with Gasteiger partial charge in [-0.1, -0.05) is 36.0 Å². The molecule has 0 aliphatic heterocycles. The highest BCUT2D eigenvalue weighted by atomic mass is 35.5. The van der Waals surface area contributed by atoms with Gasteiger partial charge in [0.15, 0.2) is 5.82 Å². The van der Waals surface area contributed by atoms with Gasteiger partial charge in [-0.05, 0) is 31.0 Å². The maximum Gasteiger partial charge on any atom is 0.163 e. The van der Waals surface area contributed by atoms with E-state index in [2.05, 4.69) is 9.97 Å². The van der Waals surface area contributed by atoms with Crippen LogP contribution in [0.1, 0.15) is 37.3 Å². The molecule has 1 fully saturated rings. The largest absolute Gasteiger partial charge is 0.384 e. The minimum atomic E-state index is 0.489. The van der Waals surface area contributed by atoms with E-state index in [-0.39, 0.29) is 0 Å². The van der Waals surface area contributed by atoms with Crippen LogP contribution in [0.2, 0.25) is 10.0 Å². The molecule has 1 aromatic heterocycles. The Kier molecular flexibility index (Phi) is 3.81. The summed E-state index contributed by atoms with van der Waals surface area (Å²) in [6.45, 7) is 0. The molecule has 0 spiro atoms. The van der Waals surface area contributed by atoms with E-state index in [1.807, 2.05) is 12.1 Å². The van der Waals surface area contributed by atoms with Crippen LogP contribution in [0.4, 0.5) is 5.82 Å². The first-order valence-electron chi connectivity index (χ1n) is 6.73. The summed E-state index contributed by atoms with van der Waals surface area (Å²) in [5, 5.41) is 1.14. The smallest absolute Gasteiger partial charge is 0.163 e. The van der Waals surface area contributed by atoms with E-state index >= 15 is 0 Å². The van der Waals surface area contributed by atoms with Crippen molar-refractivity contribution in [2.75, 3.05) is 5.73 Å². The molecule has 0 bridgehead atoms. The molecule has 3 nitrogen and oxygen atoms in total. The van der Waals surface area contributed by atoms with E-state index < -0.39 is 0 Å². The summed E-state index contributed by atoms with van der Waals surface area (Å²) >= 11 is 12.1. The Hall–Kier alpha value is -1.32. The number of rotatable bonds is 2. The zero-order chi connectivity index (χ0) is 14.1. The molecule has 20 heavy (non-hydrogen) atoms. The van der Waals surface area contributed by atoms with Crippen molar-refractivity contribution >= 4 is 29.0 Å². The fourth-order valence-corrected chi connectivity index (χ4v) is 3.20. The first-order chi connectivity index (χ1) is 9.63. The number of halogens is 2. The lowest BCUT2D eigenvalue weighted by atomic mass is 10.0. The fraction of sp³-hybridized carbons (Fsp3) is 0.333. The van der Waals surface area contributed by atoms with Crippen molar-refractivity contribution in [3.63, 3.8) is 0 Å². The zero-order valence-electron chi connectivity index (χ0n) is 10.9. The van der Waals surface area contributed by atoms with Crippen LogP contribution in [0.25, 0.3) is 11.4 Å². The van der Waals surface area contributed by atoms with Crippen molar-refractivity contribution in [1.29, 1.82) is 0 Å².